The summed E-state index contributed by atoms with van der Waals surface area (Å²) in [6, 6.07) is 8.29. The van der Waals surface area contributed by atoms with Gasteiger partial charge in [-0.2, -0.15) is 0 Å². The molecule has 0 heterocycles. The van der Waals surface area contributed by atoms with Gasteiger partial charge in [0.1, 0.15) is 5.75 Å². The summed E-state index contributed by atoms with van der Waals surface area (Å²) in [5.74, 6) is 1.47. The van der Waals surface area contributed by atoms with Crippen molar-refractivity contribution in [1.82, 2.24) is 0 Å². The van der Waals surface area contributed by atoms with Crippen LogP contribution in [0.3, 0.4) is 0 Å². The Morgan fingerprint density at radius 1 is 1.12 bits per heavy atom. The Labute approximate surface area is 106 Å². The van der Waals surface area contributed by atoms with Crippen molar-refractivity contribution in [3.8, 4) is 5.75 Å². The predicted octanol–water partition coefficient (Wildman–Crippen LogP) is 5.14. The molecule has 17 heavy (non-hydrogen) atoms. The molecule has 0 aliphatic carbocycles. The van der Waals surface area contributed by atoms with E-state index in [4.69, 9.17) is 4.74 Å². The third kappa shape index (κ3) is 5.58. The highest BCUT2D eigenvalue weighted by atomic mass is 16.5. The van der Waals surface area contributed by atoms with E-state index < -0.39 is 0 Å². The summed E-state index contributed by atoms with van der Waals surface area (Å²) in [6.07, 6.45) is 4.89. The van der Waals surface area contributed by atoms with Gasteiger partial charge in [-0.25, -0.2) is 0 Å². The smallest absolute Gasteiger partial charge is 0.126 e. The van der Waals surface area contributed by atoms with E-state index >= 15 is 0 Å². The third-order valence-corrected chi connectivity index (χ3v) is 2.58. The van der Waals surface area contributed by atoms with Crippen molar-refractivity contribution in [3.63, 3.8) is 0 Å². The van der Waals surface area contributed by atoms with E-state index in [1.165, 1.54) is 5.56 Å². The van der Waals surface area contributed by atoms with E-state index in [2.05, 4.69) is 52.8 Å². The minimum atomic E-state index is 0.321. The molecule has 0 saturated heterocycles. The van der Waals surface area contributed by atoms with Gasteiger partial charge in [-0.15, -0.1) is 0 Å². The first-order valence-corrected chi connectivity index (χ1v) is 6.30. The Morgan fingerprint density at radius 2 is 1.71 bits per heavy atom. The van der Waals surface area contributed by atoms with Crippen molar-refractivity contribution >= 4 is 0 Å². The summed E-state index contributed by atoms with van der Waals surface area (Å²) in [5, 5.41) is 0. The molecule has 1 aromatic carbocycles. The molecule has 0 saturated carbocycles. The van der Waals surface area contributed by atoms with Crippen molar-refractivity contribution in [3.05, 3.63) is 42.2 Å². The lowest BCUT2D eigenvalue weighted by Gasteiger charge is -2.14. The molecule has 0 amide bonds. The number of hydrogen-bond donors (Lipinski definition) is 0. The second kappa shape index (κ2) is 5.90. The molecule has 0 unspecified atom stereocenters. The number of ether oxygens (including phenoxy) is 1. The average Bonchev–Trinajstić information content (AvgIpc) is 2.24. The fourth-order valence-corrected chi connectivity index (χ4v) is 1.46. The van der Waals surface area contributed by atoms with Crippen LogP contribution in [0.4, 0.5) is 0 Å². The van der Waals surface area contributed by atoms with Crippen LogP contribution >= 0.6 is 0 Å². The summed E-state index contributed by atoms with van der Waals surface area (Å²) < 4.78 is 5.56. The minimum Gasteiger partial charge on any atom is -0.465 e. The fraction of sp³-hybridized carbons (Fsp3) is 0.500. The Morgan fingerprint density at radius 3 is 2.18 bits per heavy atom. The van der Waals surface area contributed by atoms with Crippen LogP contribution < -0.4 is 4.74 Å². The highest BCUT2D eigenvalue weighted by Gasteiger charge is 2.06. The summed E-state index contributed by atoms with van der Waals surface area (Å²) in [7, 11) is 0. The largest absolute Gasteiger partial charge is 0.465 e. The first-order chi connectivity index (χ1) is 7.88. The van der Waals surface area contributed by atoms with E-state index in [1.54, 1.807) is 6.26 Å². The number of allylic oxidation sites excluding steroid dienone is 1. The topological polar surface area (TPSA) is 9.23 Å². The number of benzene rings is 1. The van der Waals surface area contributed by atoms with E-state index in [0.29, 0.717) is 11.3 Å². The van der Waals surface area contributed by atoms with E-state index in [9.17, 15) is 0 Å². The van der Waals surface area contributed by atoms with Gasteiger partial charge in [0.15, 0.2) is 0 Å². The van der Waals surface area contributed by atoms with Crippen LogP contribution in [0.15, 0.2) is 36.6 Å². The third-order valence-electron chi connectivity index (χ3n) is 2.58. The van der Waals surface area contributed by atoms with E-state index in [1.807, 2.05) is 12.1 Å². The standard InChI is InChI=1S/C16H24O/c1-13(2)14-7-9-15(10-8-14)17-12-6-11-16(3,4)5/h6-10,12-13H,11H2,1-5H3/b12-6+. The molecule has 0 aliphatic rings. The lowest BCUT2D eigenvalue weighted by molar-refractivity contribution is 0.410. The fourth-order valence-electron chi connectivity index (χ4n) is 1.46. The lowest BCUT2D eigenvalue weighted by Crippen LogP contribution is -2.02. The summed E-state index contributed by atoms with van der Waals surface area (Å²) in [5.41, 5.74) is 1.66. The van der Waals surface area contributed by atoms with Gasteiger partial charge < -0.3 is 4.74 Å². The molecular formula is C16H24O. The molecule has 1 nitrogen and oxygen atoms in total. The van der Waals surface area contributed by atoms with Gasteiger partial charge in [0, 0.05) is 0 Å². The molecule has 0 bridgehead atoms. The highest BCUT2D eigenvalue weighted by Crippen LogP contribution is 2.20. The van der Waals surface area contributed by atoms with Crippen molar-refractivity contribution in [2.75, 3.05) is 0 Å². The molecular weight excluding hydrogens is 208 g/mol. The Bertz CT molecular complexity index is 352. The minimum absolute atomic E-state index is 0.321. The van der Waals surface area contributed by atoms with Crippen LogP contribution in [0.5, 0.6) is 5.75 Å². The van der Waals surface area contributed by atoms with Crippen LogP contribution in [0.2, 0.25) is 0 Å². The van der Waals surface area contributed by atoms with Gasteiger partial charge in [-0.05, 0) is 41.5 Å². The molecule has 1 rings (SSSR count). The van der Waals surface area contributed by atoms with Crippen molar-refractivity contribution in [2.24, 2.45) is 5.41 Å². The van der Waals surface area contributed by atoms with Gasteiger partial charge in [-0.1, -0.05) is 46.8 Å². The lowest BCUT2D eigenvalue weighted by atomic mass is 9.93. The molecule has 94 valence electrons. The van der Waals surface area contributed by atoms with Crippen LogP contribution in [0.1, 0.15) is 52.5 Å². The van der Waals surface area contributed by atoms with Gasteiger partial charge in [-0.3, -0.25) is 0 Å². The normalized spacial score (nSPS) is 12.4. The molecule has 0 N–H and O–H groups in total. The first kappa shape index (κ1) is 13.8. The SMILES string of the molecule is CC(C)c1ccc(O/C=C/CC(C)(C)C)cc1. The van der Waals surface area contributed by atoms with Gasteiger partial charge >= 0.3 is 0 Å². The second-order valence-corrected chi connectivity index (χ2v) is 5.98. The zero-order valence-electron chi connectivity index (χ0n) is 11.7. The second-order valence-electron chi connectivity index (χ2n) is 5.98. The Hall–Kier alpha value is -1.24. The number of hydrogen-bond acceptors (Lipinski definition) is 1. The molecule has 0 fully saturated rings. The molecule has 0 aliphatic heterocycles. The van der Waals surface area contributed by atoms with Crippen molar-refractivity contribution in [1.29, 1.82) is 0 Å². The predicted molar refractivity (Wildman–Crippen MR) is 74.4 cm³/mol. The van der Waals surface area contributed by atoms with Crippen LogP contribution in [0.25, 0.3) is 0 Å². The molecule has 0 aromatic heterocycles. The molecule has 0 spiro atoms. The van der Waals surface area contributed by atoms with E-state index in [0.717, 1.165) is 12.2 Å². The maximum atomic E-state index is 5.56. The summed E-state index contributed by atoms with van der Waals surface area (Å²) >= 11 is 0. The van der Waals surface area contributed by atoms with Crippen molar-refractivity contribution in [2.45, 2.75) is 47.0 Å². The molecule has 1 aromatic rings. The first-order valence-electron chi connectivity index (χ1n) is 6.30. The van der Waals surface area contributed by atoms with Crippen LogP contribution in [-0.4, -0.2) is 0 Å². The monoisotopic (exact) mass is 232 g/mol. The molecule has 0 radical (unpaired) electrons. The van der Waals surface area contributed by atoms with Gasteiger partial charge in [0.05, 0.1) is 6.26 Å². The molecule has 1 heteroatoms. The highest BCUT2D eigenvalue weighted by molar-refractivity contribution is 5.29. The van der Waals surface area contributed by atoms with Crippen LogP contribution in [-0.2, 0) is 0 Å². The summed E-state index contributed by atoms with van der Waals surface area (Å²) in [6.45, 7) is 11.0. The quantitative estimate of drug-likeness (QED) is 0.653. The maximum absolute atomic E-state index is 5.56. The number of rotatable bonds is 4. The average molecular weight is 232 g/mol. The van der Waals surface area contributed by atoms with Gasteiger partial charge in [0.2, 0.25) is 0 Å². The zero-order valence-corrected chi connectivity index (χ0v) is 11.7. The molecule has 0 atom stereocenters. The zero-order chi connectivity index (χ0) is 12.9. The summed E-state index contributed by atoms with van der Waals surface area (Å²) in [4.78, 5) is 0. The van der Waals surface area contributed by atoms with Crippen molar-refractivity contribution < 1.29 is 4.74 Å². The maximum Gasteiger partial charge on any atom is 0.126 e. The van der Waals surface area contributed by atoms with E-state index in [-0.39, 0.29) is 0 Å². The van der Waals surface area contributed by atoms with Crippen LogP contribution in [0, 0.1) is 5.41 Å². The Kier molecular flexibility index (Phi) is 4.80. The van der Waals surface area contributed by atoms with Gasteiger partial charge in [0.25, 0.3) is 0 Å². The Balaban J connectivity index is 2.47.